The minimum atomic E-state index is 0.963. The molecule has 1 N–H and O–H groups in total. The molecule has 0 aliphatic carbocycles. The van der Waals surface area contributed by atoms with Crippen LogP contribution in [0.3, 0.4) is 0 Å². The number of H-pyrrole nitrogens is 1. The Balaban J connectivity index is 1.43. The summed E-state index contributed by atoms with van der Waals surface area (Å²) in [7, 11) is 0. The molecule has 0 aliphatic heterocycles. The molecule has 2 nitrogen and oxygen atoms in total. The maximum absolute atomic E-state index is 3.27. The third kappa shape index (κ3) is 4.81. The van der Waals surface area contributed by atoms with Crippen LogP contribution in [0.25, 0.3) is 56.0 Å². The standard InChI is InChI=1S/C41H34N2/c1-3-13-37-36(4-2)41(32-24-25-42-28-32)39-19-12-11-18-38(39)40(37)31-21-20-30-27-35(23-22-29(30)26-31)43(33-14-7-5-8-15-33)34-16-9-6-10-17-34/h4-28,42H,3H2,1-2H3/b36-4+,37-13+. The molecular formula is C41H34N2. The number of aromatic nitrogens is 1. The molecule has 0 atom stereocenters. The lowest BCUT2D eigenvalue weighted by Gasteiger charge is -2.25. The van der Waals surface area contributed by atoms with E-state index in [1.807, 2.05) is 6.20 Å². The molecule has 1 aromatic heterocycles. The fraction of sp³-hybridized carbons (Fsp3) is 0.0732. The number of hydrogen-bond acceptors (Lipinski definition) is 1. The van der Waals surface area contributed by atoms with Crippen LogP contribution in [0.5, 0.6) is 0 Å². The third-order valence-corrected chi connectivity index (χ3v) is 8.28. The number of hydrogen-bond donors (Lipinski definition) is 1. The summed E-state index contributed by atoms with van der Waals surface area (Å²) in [6.45, 7) is 4.38. The number of benzene rings is 6. The first-order chi connectivity index (χ1) is 21.3. The monoisotopic (exact) mass is 554 g/mol. The van der Waals surface area contributed by atoms with Gasteiger partial charge in [-0.15, -0.1) is 0 Å². The molecule has 0 amide bonds. The van der Waals surface area contributed by atoms with Crippen LogP contribution in [0, 0.1) is 0 Å². The molecule has 43 heavy (non-hydrogen) atoms. The minimum absolute atomic E-state index is 0.963. The van der Waals surface area contributed by atoms with Crippen LogP contribution >= 0.6 is 0 Å². The predicted molar refractivity (Wildman–Crippen MR) is 186 cm³/mol. The summed E-state index contributed by atoms with van der Waals surface area (Å²) >= 11 is 0. The third-order valence-electron chi connectivity index (χ3n) is 8.28. The minimum Gasteiger partial charge on any atom is -0.367 e. The summed E-state index contributed by atoms with van der Waals surface area (Å²) < 4.78 is 0. The Hall–Kier alpha value is -5.34. The van der Waals surface area contributed by atoms with Crippen molar-refractivity contribution in [2.45, 2.75) is 20.3 Å². The van der Waals surface area contributed by atoms with Crippen molar-refractivity contribution in [3.63, 3.8) is 0 Å². The number of aromatic amines is 1. The molecule has 1 heterocycles. The van der Waals surface area contributed by atoms with E-state index >= 15 is 0 Å². The maximum Gasteiger partial charge on any atom is 0.0468 e. The summed E-state index contributed by atoms with van der Waals surface area (Å²) in [5.41, 5.74) is 8.46. The molecule has 0 bridgehead atoms. The van der Waals surface area contributed by atoms with E-state index in [1.54, 1.807) is 0 Å². The van der Waals surface area contributed by atoms with Gasteiger partial charge < -0.3 is 9.88 Å². The predicted octanol–water partition coefficient (Wildman–Crippen LogP) is 10.1. The smallest absolute Gasteiger partial charge is 0.0468 e. The van der Waals surface area contributed by atoms with E-state index in [9.17, 15) is 0 Å². The first-order valence-corrected chi connectivity index (χ1v) is 15.1. The fourth-order valence-corrected chi connectivity index (χ4v) is 6.43. The normalized spacial score (nSPS) is 12.3. The molecule has 0 fully saturated rings. The number of para-hydroxylation sites is 2. The molecule has 208 valence electrons. The number of nitrogens with zero attached hydrogens (tertiary/aromatic N) is 1. The van der Waals surface area contributed by atoms with Crippen molar-refractivity contribution >= 4 is 50.8 Å². The molecule has 6 aromatic carbocycles. The van der Waals surface area contributed by atoms with Crippen LogP contribution in [0.2, 0.25) is 0 Å². The van der Waals surface area contributed by atoms with Crippen LogP contribution in [-0.4, -0.2) is 4.98 Å². The lowest BCUT2D eigenvalue weighted by molar-refractivity contribution is 1.28. The lowest BCUT2D eigenvalue weighted by atomic mass is 9.88. The molecule has 0 radical (unpaired) electrons. The summed E-state index contributed by atoms with van der Waals surface area (Å²) in [4.78, 5) is 5.59. The van der Waals surface area contributed by atoms with E-state index in [1.165, 1.54) is 54.2 Å². The molecule has 7 rings (SSSR count). The molecular weight excluding hydrogens is 520 g/mol. The van der Waals surface area contributed by atoms with Gasteiger partial charge in [0.05, 0.1) is 0 Å². The summed E-state index contributed by atoms with van der Waals surface area (Å²) in [6, 6.07) is 45.9. The number of fused-ring (bicyclic) bond motifs is 2. The Kier molecular flexibility index (Phi) is 7.10. The van der Waals surface area contributed by atoms with Gasteiger partial charge in [-0.2, -0.15) is 0 Å². The molecule has 0 spiro atoms. The quantitative estimate of drug-likeness (QED) is 0.217. The van der Waals surface area contributed by atoms with Crippen LogP contribution in [0.15, 0.2) is 140 Å². The number of nitrogens with one attached hydrogen (secondary N) is 1. The van der Waals surface area contributed by atoms with Crippen molar-refractivity contribution in [2.24, 2.45) is 0 Å². The highest BCUT2D eigenvalue weighted by molar-refractivity contribution is 6.06. The van der Waals surface area contributed by atoms with Gasteiger partial charge in [0, 0.05) is 35.0 Å². The van der Waals surface area contributed by atoms with Gasteiger partial charge in [0.25, 0.3) is 0 Å². The first-order valence-electron chi connectivity index (χ1n) is 15.1. The molecule has 0 saturated carbocycles. The second kappa shape index (κ2) is 11.5. The van der Waals surface area contributed by atoms with Crippen LogP contribution in [-0.2, 0) is 0 Å². The van der Waals surface area contributed by atoms with E-state index in [-0.39, 0.29) is 0 Å². The SMILES string of the molecule is C/C=c1/c(-c2cc[nH]c2)c2ccccc2c(-c2ccc3cc(N(c4ccccc4)c4ccccc4)ccc3c2)/c1=C/CC. The van der Waals surface area contributed by atoms with Gasteiger partial charge in [-0.25, -0.2) is 0 Å². The van der Waals surface area contributed by atoms with Gasteiger partial charge in [0.2, 0.25) is 0 Å². The van der Waals surface area contributed by atoms with E-state index in [0.717, 1.165) is 23.5 Å². The van der Waals surface area contributed by atoms with Gasteiger partial charge in [-0.3, -0.25) is 0 Å². The average Bonchev–Trinajstić information content (AvgIpc) is 3.60. The first kappa shape index (κ1) is 26.6. The second-order valence-electron chi connectivity index (χ2n) is 10.9. The number of anilines is 3. The Morgan fingerprint density at radius 3 is 1.79 bits per heavy atom. The van der Waals surface area contributed by atoms with Gasteiger partial charge in [0.15, 0.2) is 0 Å². The van der Waals surface area contributed by atoms with Crippen molar-refractivity contribution in [1.29, 1.82) is 0 Å². The zero-order valence-electron chi connectivity index (χ0n) is 24.6. The molecule has 2 heteroatoms. The zero-order valence-corrected chi connectivity index (χ0v) is 24.6. The van der Waals surface area contributed by atoms with Crippen LogP contribution in [0.1, 0.15) is 20.3 Å². The average molecular weight is 555 g/mol. The summed E-state index contributed by atoms with van der Waals surface area (Å²) in [6.07, 6.45) is 9.73. The fourth-order valence-electron chi connectivity index (χ4n) is 6.43. The summed E-state index contributed by atoms with van der Waals surface area (Å²) in [5.74, 6) is 0. The highest BCUT2D eigenvalue weighted by Crippen LogP contribution is 2.37. The second-order valence-corrected chi connectivity index (χ2v) is 10.9. The van der Waals surface area contributed by atoms with Gasteiger partial charge >= 0.3 is 0 Å². The lowest BCUT2D eigenvalue weighted by Crippen LogP contribution is -2.29. The molecule has 0 unspecified atom stereocenters. The van der Waals surface area contributed by atoms with Crippen LogP contribution in [0.4, 0.5) is 17.1 Å². The number of rotatable bonds is 6. The van der Waals surface area contributed by atoms with E-state index in [2.05, 4.69) is 169 Å². The van der Waals surface area contributed by atoms with Gasteiger partial charge in [0.1, 0.15) is 0 Å². The van der Waals surface area contributed by atoms with Gasteiger partial charge in [-0.05, 0) is 111 Å². The Labute approximate surface area is 252 Å². The highest BCUT2D eigenvalue weighted by Gasteiger charge is 2.16. The van der Waals surface area contributed by atoms with Crippen molar-refractivity contribution in [3.05, 3.63) is 150 Å². The maximum atomic E-state index is 3.27. The molecule has 0 saturated heterocycles. The Bertz CT molecular complexity index is 2120. The van der Waals surface area contributed by atoms with E-state index < -0.39 is 0 Å². The largest absolute Gasteiger partial charge is 0.367 e. The molecule has 0 aliphatic rings. The van der Waals surface area contributed by atoms with Crippen molar-refractivity contribution in [2.75, 3.05) is 4.90 Å². The molecule has 7 aromatic rings. The topological polar surface area (TPSA) is 19.0 Å². The summed E-state index contributed by atoms with van der Waals surface area (Å²) in [5, 5.41) is 7.58. The van der Waals surface area contributed by atoms with Crippen molar-refractivity contribution < 1.29 is 0 Å². The van der Waals surface area contributed by atoms with E-state index in [0.29, 0.717) is 0 Å². The van der Waals surface area contributed by atoms with E-state index in [4.69, 9.17) is 0 Å². The Morgan fingerprint density at radius 2 is 1.19 bits per heavy atom. The highest BCUT2D eigenvalue weighted by atomic mass is 15.1. The van der Waals surface area contributed by atoms with Crippen molar-refractivity contribution in [3.8, 4) is 22.3 Å². The zero-order chi connectivity index (χ0) is 29.2. The Morgan fingerprint density at radius 1 is 0.581 bits per heavy atom. The van der Waals surface area contributed by atoms with Crippen LogP contribution < -0.4 is 15.3 Å². The van der Waals surface area contributed by atoms with Gasteiger partial charge in [-0.1, -0.05) is 97.9 Å². The van der Waals surface area contributed by atoms with Crippen molar-refractivity contribution in [1.82, 2.24) is 4.98 Å².